The molecule has 18 heavy (non-hydrogen) atoms. The highest BCUT2D eigenvalue weighted by Crippen LogP contribution is 2.18. The molecular weight excluding hydrogens is 292 g/mol. The molecule has 0 spiro atoms. The number of benzene rings is 1. The number of hydrogen-bond donors (Lipinski definition) is 0. The molecule has 0 saturated carbocycles. The van der Waals surface area contributed by atoms with E-state index in [0.29, 0.717) is 0 Å². The van der Waals surface area contributed by atoms with E-state index in [2.05, 4.69) is 31.0 Å². The fourth-order valence-electron chi connectivity index (χ4n) is 1.87. The molecule has 1 aromatic carbocycles. The number of aryl methyl sites for hydroxylation is 1. The zero-order chi connectivity index (χ0) is 12.5. The fourth-order valence-corrected chi connectivity index (χ4v) is 2.28. The molecule has 3 rings (SSSR count). The van der Waals surface area contributed by atoms with Crippen LogP contribution in [0.3, 0.4) is 0 Å². The second-order valence-electron chi connectivity index (χ2n) is 3.93. The monoisotopic (exact) mass is 302 g/mol. The van der Waals surface area contributed by atoms with Gasteiger partial charge in [0.1, 0.15) is 10.4 Å². The van der Waals surface area contributed by atoms with E-state index in [9.17, 15) is 0 Å². The number of nitrogens with zero attached hydrogens (tertiary/aromatic N) is 4. The van der Waals surface area contributed by atoms with Gasteiger partial charge in [0.25, 0.3) is 0 Å². The fraction of sp³-hybridized carbons (Fsp3) is 0.154. The van der Waals surface area contributed by atoms with Gasteiger partial charge in [0, 0.05) is 17.9 Å². The Morgan fingerprint density at radius 1 is 1.22 bits per heavy atom. The maximum atomic E-state index is 4.50. The molecule has 0 fully saturated rings. The van der Waals surface area contributed by atoms with Crippen LogP contribution >= 0.6 is 15.9 Å². The predicted octanol–water partition coefficient (Wildman–Crippen LogP) is 3.14. The van der Waals surface area contributed by atoms with Gasteiger partial charge in [0.05, 0.1) is 11.7 Å². The third kappa shape index (κ3) is 1.90. The average Bonchev–Trinajstić information content (AvgIpc) is 2.81. The van der Waals surface area contributed by atoms with Gasteiger partial charge in [-0.15, -0.1) is 0 Å². The summed E-state index contributed by atoms with van der Waals surface area (Å²) in [6, 6.07) is 9.94. The Bertz CT molecular complexity index is 705. The molecule has 5 heteroatoms. The summed E-state index contributed by atoms with van der Waals surface area (Å²) in [6.07, 6.45) is 2.64. The molecule has 0 aliphatic rings. The Labute approximate surface area is 113 Å². The highest BCUT2D eigenvalue weighted by atomic mass is 79.9. The smallest absolute Gasteiger partial charge is 0.158 e. The molecular formula is C13H11BrN4. The van der Waals surface area contributed by atoms with Crippen molar-refractivity contribution in [1.29, 1.82) is 0 Å². The zero-order valence-electron chi connectivity index (χ0n) is 9.84. The van der Waals surface area contributed by atoms with Crippen molar-refractivity contribution in [1.82, 2.24) is 19.7 Å². The van der Waals surface area contributed by atoms with Crippen molar-refractivity contribution < 1.29 is 0 Å². The highest BCUT2D eigenvalue weighted by molar-refractivity contribution is 9.10. The van der Waals surface area contributed by atoms with Gasteiger partial charge < -0.3 is 0 Å². The number of aromatic nitrogens is 4. The zero-order valence-corrected chi connectivity index (χ0v) is 11.4. The second-order valence-corrected chi connectivity index (χ2v) is 4.75. The van der Waals surface area contributed by atoms with E-state index >= 15 is 0 Å². The average molecular weight is 303 g/mol. The van der Waals surface area contributed by atoms with Crippen molar-refractivity contribution in [2.24, 2.45) is 0 Å². The minimum absolute atomic E-state index is 0.781. The summed E-state index contributed by atoms with van der Waals surface area (Å²) in [4.78, 5) is 8.81. The quantitative estimate of drug-likeness (QED) is 0.683. The minimum atomic E-state index is 0.781. The van der Waals surface area contributed by atoms with Crippen LogP contribution in [0, 0.1) is 0 Å². The first kappa shape index (κ1) is 11.3. The summed E-state index contributed by atoms with van der Waals surface area (Å²) in [7, 11) is 0. The van der Waals surface area contributed by atoms with Crippen LogP contribution in [-0.4, -0.2) is 19.7 Å². The Hall–Kier alpha value is -1.75. The molecule has 0 saturated heterocycles. The van der Waals surface area contributed by atoms with E-state index in [-0.39, 0.29) is 0 Å². The lowest BCUT2D eigenvalue weighted by Gasteiger charge is -2.05. The molecule has 0 N–H and O–H groups in total. The van der Waals surface area contributed by atoms with E-state index in [4.69, 9.17) is 0 Å². The van der Waals surface area contributed by atoms with Crippen LogP contribution in [0.4, 0.5) is 0 Å². The molecule has 0 amide bonds. The molecule has 2 heterocycles. The van der Waals surface area contributed by atoms with Gasteiger partial charge in [-0.2, -0.15) is 5.10 Å². The first-order chi connectivity index (χ1) is 8.78. The molecule has 2 aromatic heterocycles. The standard InChI is InChI=1S/C13H11BrN4/c1-2-12-16-11(14)7-13(17-12)18-10-6-4-3-5-9(10)8-15-18/h3-8H,2H2,1H3. The molecule has 4 nitrogen and oxygen atoms in total. The third-order valence-electron chi connectivity index (χ3n) is 2.74. The first-order valence-corrected chi connectivity index (χ1v) is 6.54. The molecule has 0 radical (unpaired) electrons. The van der Waals surface area contributed by atoms with E-state index in [1.54, 1.807) is 0 Å². The number of para-hydroxylation sites is 1. The normalized spacial score (nSPS) is 11.0. The number of fused-ring (bicyclic) bond motifs is 1. The summed E-state index contributed by atoms with van der Waals surface area (Å²) < 4.78 is 2.62. The summed E-state index contributed by atoms with van der Waals surface area (Å²) in [5.74, 6) is 1.59. The summed E-state index contributed by atoms with van der Waals surface area (Å²) in [5.41, 5.74) is 1.05. The van der Waals surface area contributed by atoms with Crippen LogP contribution in [0.1, 0.15) is 12.7 Å². The molecule has 90 valence electrons. The van der Waals surface area contributed by atoms with Crippen LogP contribution in [0.15, 0.2) is 41.1 Å². The maximum Gasteiger partial charge on any atom is 0.158 e. The van der Waals surface area contributed by atoms with Crippen LogP contribution in [-0.2, 0) is 6.42 Å². The van der Waals surface area contributed by atoms with Crippen molar-refractivity contribution in [3.05, 3.63) is 47.0 Å². The van der Waals surface area contributed by atoms with Gasteiger partial charge in [-0.25, -0.2) is 14.6 Å². The maximum absolute atomic E-state index is 4.50. The molecule has 0 bridgehead atoms. The lowest BCUT2D eigenvalue weighted by atomic mass is 10.2. The van der Waals surface area contributed by atoms with Gasteiger partial charge in [-0.05, 0) is 22.0 Å². The van der Waals surface area contributed by atoms with Crippen molar-refractivity contribution in [2.45, 2.75) is 13.3 Å². The Morgan fingerprint density at radius 2 is 2.06 bits per heavy atom. The van der Waals surface area contributed by atoms with E-state index in [0.717, 1.165) is 33.6 Å². The van der Waals surface area contributed by atoms with Crippen molar-refractivity contribution in [2.75, 3.05) is 0 Å². The third-order valence-corrected chi connectivity index (χ3v) is 3.14. The van der Waals surface area contributed by atoms with Crippen molar-refractivity contribution >= 4 is 26.8 Å². The first-order valence-electron chi connectivity index (χ1n) is 5.74. The van der Waals surface area contributed by atoms with Crippen LogP contribution in [0.25, 0.3) is 16.7 Å². The van der Waals surface area contributed by atoms with E-state index < -0.39 is 0 Å². The molecule has 0 unspecified atom stereocenters. The van der Waals surface area contributed by atoms with Crippen LogP contribution in [0.5, 0.6) is 0 Å². The second kappa shape index (κ2) is 4.49. The van der Waals surface area contributed by atoms with E-state index in [1.807, 2.05) is 48.1 Å². The van der Waals surface area contributed by atoms with Crippen molar-refractivity contribution in [3.63, 3.8) is 0 Å². The summed E-state index contributed by atoms with van der Waals surface area (Å²) in [6.45, 7) is 2.03. The minimum Gasteiger partial charge on any atom is -0.226 e. The number of halogens is 1. The van der Waals surface area contributed by atoms with Crippen LogP contribution in [0.2, 0.25) is 0 Å². The van der Waals surface area contributed by atoms with E-state index in [1.165, 1.54) is 0 Å². The lowest BCUT2D eigenvalue weighted by molar-refractivity contribution is 0.827. The Balaban J connectivity index is 2.22. The predicted molar refractivity (Wildman–Crippen MR) is 73.7 cm³/mol. The highest BCUT2D eigenvalue weighted by Gasteiger charge is 2.08. The Kier molecular flexibility index (Phi) is 2.83. The van der Waals surface area contributed by atoms with Gasteiger partial charge in [0.15, 0.2) is 5.82 Å². The van der Waals surface area contributed by atoms with Crippen LogP contribution < -0.4 is 0 Å². The topological polar surface area (TPSA) is 43.6 Å². The van der Waals surface area contributed by atoms with Crippen molar-refractivity contribution in [3.8, 4) is 5.82 Å². The van der Waals surface area contributed by atoms with Gasteiger partial charge in [-0.1, -0.05) is 25.1 Å². The Morgan fingerprint density at radius 3 is 2.89 bits per heavy atom. The summed E-state index contributed by atoms with van der Waals surface area (Å²) >= 11 is 3.41. The largest absolute Gasteiger partial charge is 0.226 e. The SMILES string of the molecule is CCc1nc(Br)cc(-n2ncc3ccccc32)n1. The van der Waals surface area contributed by atoms with Gasteiger partial charge in [-0.3, -0.25) is 0 Å². The number of hydrogen-bond acceptors (Lipinski definition) is 3. The molecule has 0 aliphatic carbocycles. The molecule has 0 aliphatic heterocycles. The molecule has 0 atom stereocenters. The van der Waals surface area contributed by atoms with Gasteiger partial charge in [0.2, 0.25) is 0 Å². The summed E-state index contributed by atoms with van der Waals surface area (Å²) in [5, 5.41) is 5.49. The molecule has 3 aromatic rings. The van der Waals surface area contributed by atoms with Gasteiger partial charge >= 0.3 is 0 Å². The lowest BCUT2D eigenvalue weighted by Crippen LogP contribution is -2.03. The number of rotatable bonds is 2.